The summed E-state index contributed by atoms with van der Waals surface area (Å²) in [6.07, 6.45) is 0.378. The first-order valence-corrected chi connectivity index (χ1v) is 6.67. The summed E-state index contributed by atoms with van der Waals surface area (Å²) in [7, 11) is 1.60. The summed E-state index contributed by atoms with van der Waals surface area (Å²) >= 11 is 5.76. The van der Waals surface area contributed by atoms with Crippen LogP contribution in [0.4, 0.5) is 4.39 Å². The molecule has 0 saturated heterocycles. The molecule has 106 valence electrons. The van der Waals surface area contributed by atoms with Gasteiger partial charge in [0.2, 0.25) is 0 Å². The number of hydrogen-bond donors (Lipinski definition) is 1. The van der Waals surface area contributed by atoms with Gasteiger partial charge >= 0.3 is 0 Å². The molecule has 2 nitrogen and oxygen atoms in total. The van der Waals surface area contributed by atoms with Crippen LogP contribution in [0, 0.1) is 5.82 Å². The van der Waals surface area contributed by atoms with Crippen molar-refractivity contribution in [2.24, 2.45) is 5.73 Å². The fourth-order valence-electron chi connectivity index (χ4n) is 2.14. The van der Waals surface area contributed by atoms with E-state index >= 15 is 0 Å². The van der Waals surface area contributed by atoms with Crippen molar-refractivity contribution in [2.75, 3.05) is 7.11 Å². The largest absolute Gasteiger partial charge is 0.497 e. The average Bonchev–Trinajstić information content (AvgIpc) is 2.42. The fraction of sp³-hybridized carbons (Fsp3) is 0.250. The highest BCUT2D eigenvalue weighted by Gasteiger charge is 2.23. The molecule has 1 atom stereocenters. The van der Waals surface area contributed by atoms with Gasteiger partial charge < -0.3 is 10.5 Å². The van der Waals surface area contributed by atoms with Gasteiger partial charge in [-0.05, 0) is 48.7 Å². The van der Waals surface area contributed by atoms with Crippen molar-refractivity contribution in [1.82, 2.24) is 0 Å². The molecule has 0 bridgehead atoms. The van der Waals surface area contributed by atoms with Gasteiger partial charge in [0.1, 0.15) is 11.6 Å². The van der Waals surface area contributed by atoms with Gasteiger partial charge in [-0.2, -0.15) is 0 Å². The van der Waals surface area contributed by atoms with E-state index in [1.807, 2.05) is 31.2 Å². The Morgan fingerprint density at radius 3 is 2.65 bits per heavy atom. The van der Waals surface area contributed by atoms with E-state index < -0.39 is 5.54 Å². The van der Waals surface area contributed by atoms with E-state index in [1.54, 1.807) is 19.2 Å². The van der Waals surface area contributed by atoms with Crippen LogP contribution in [-0.2, 0) is 12.0 Å². The summed E-state index contributed by atoms with van der Waals surface area (Å²) in [5.74, 6) is 0.396. The van der Waals surface area contributed by atoms with E-state index in [0.717, 1.165) is 11.3 Å². The predicted octanol–water partition coefficient (Wildman–Crippen LogP) is 3.90. The van der Waals surface area contributed by atoms with Crippen molar-refractivity contribution in [3.05, 3.63) is 64.4 Å². The molecule has 0 heterocycles. The predicted molar refractivity (Wildman–Crippen MR) is 79.6 cm³/mol. The van der Waals surface area contributed by atoms with Crippen molar-refractivity contribution in [3.63, 3.8) is 0 Å². The zero-order chi connectivity index (χ0) is 14.8. The zero-order valence-corrected chi connectivity index (χ0v) is 12.2. The van der Waals surface area contributed by atoms with Gasteiger partial charge in [-0.3, -0.25) is 0 Å². The third kappa shape index (κ3) is 3.30. The van der Waals surface area contributed by atoms with Crippen LogP contribution in [0.3, 0.4) is 0 Å². The second kappa shape index (κ2) is 5.81. The van der Waals surface area contributed by atoms with Crippen LogP contribution in [0.25, 0.3) is 0 Å². The first-order chi connectivity index (χ1) is 9.42. The molecule has 2 N–H and O–H groups in total. The monoisotopic (exact) mass is 293 g/mol. The summed E-state index contributed by atoms with van der Waals surface area (Å²) in [6.45, 7) is 1.87. The Kier molecular flexibility index (Phi) is 4.31. The minimum absolute atomic E-state index is 0.336. The highest BCUT2D eigenvalue weighted by molar-refractivity contribution is 6.30. The molecule has 0 aliphatic heterocycles. The Balaban J connectivity index is 2.29. The Bertz CT molecular complexity index is 613. The second-order valence-corrected chi connectivity index (χ2v) is 5.50. The summed E-state index contributed by atoms with van der Waals surface area (Å²) in [4.78, 5) is 0. The number of halogens is 2. The van der Waals surface area contributed by atoms with E-state index in [9.17, 15) is 4.39 Å². The van der Waals surface area contributed by atoms with Crippen LogP contribution in [0.1, 0.15) is 18.1 Å². The Morgan fingerprint density at radius 2 is 2.00 bits per heavy atom. The Labute approximate surface area is 123 Å². The first kappa shape index (κ1) is 14.8. The molecule has 0 radical (unpaired) electrons. The van der Waals surface area contributed by atoms with Crippen LogP contribution >= 0.6 is 11.6 Å². The molecule has 0 aliphatic rings. The van der Waals surface area contributed by atoms with Crippen LogP contribution in [0.5, 0.6) is 5.75 Å². The quantitative estimate of drug-likeness (QED) is 0.928. The number of nitrogens with two attached hydrogens (primary N) is 1. The fourth-order valence-corrected chi connectivity index (χ4v) is 2.30. The molecule has 0 spiro atoms. The molecule has 0 amide bonds. The number of rotatable bonds is 4. The van der Waals surface area contributed by atoms with Crippen LogP contribution in [0.2, 0.25) is 5.02 Å². The van der Waals surface area contributed by atoms with Crippen molar-refractivity contribution in [2.45, 2.75) is 18.9 Å². The van der Waals surface area contributed by atoms with Gasteiger partial charge in [0.25, 0.3) is 0 Å². The lowest BCUT2D eigenvalue weighted by atomic mass is 9.86. The Morgan fingerprint density at radius 1 is 1.25 bits per heavy atom. The van der Waals surface area contributed by atoms with Gasteiger partial charge in [-0.15, -0.1) is 0 Å². The summed E-state index contributed by atoms with van der Waals surface area (Å²) in [6, 6.07) is 12.1. The highest BCUT2D eigenvalue weighted by Crippen LogP contribution is 2.27. The van der Waals surface area contributed by atoms with Gasteiger partial charge in [-0.1, -0.05) is 29.8 Å². The summed E-state index contributed by atoms with van der Waals surface area (Å²) in [5.41, 5.74) is 7.09. The summed E-state index contributed by atoms with van der Waals surface area (Å²) < 4.78 is 19.1. The third-order valence-electron chi connectivity index (χ3n) is 3.30. The molecule has 0 saturated carbocycles. The number of benzene rings is 2. The van der Waals surface area contributed by atoms with Gasteiger partial charge in [0.05, 0.1) is 7.11 Å². The van der Waals surface area contributed by atoms with Gasteiger partial charge in [-0.25, -0.2) is 4.39 Å². The lowest BCUT2D eigenvalue weighted by molar-refractivity contribution is 0.410. The van der Waals surface area contributed by atoms with Crippen LogP contribution < -0.4 is 10.5 Å². The minimum Gasteiger partial charge on any atom is -0.497 e. The van der Waals surface area contributed by atoms with E-state index in [0.29, 0.717) is 17.0 Å². The van der Waals surface area contributed by atoms with Crippen LogP contribution in [-0.4, -0.2) is 7.11 Å². The topological polar surface area (TPSA) is 35.2 Å². The number of ether oxygens (including phenoxy) is 1. The first-order valence-electron chi connectivity index (χ1n) is 6.30. The molecular formula is C16H17ClFNO. The maximum absolute atomic E-state index is 13.9. The molecule has 20 heavy (non-hydrogen) atoms. The van der Waals surface area contributed by atoms with Gasteiger partial charge in [0, 0.05) is 10.6 Å². The smallest absolute Gasteiger partial charge is 0.127 e. The minimum atomic E-state index is -0.691. The molecule has 0 fully saturated rings. The molecule has 4 heteroatoms. The molecule has 0 aromatic heterocycles. The second-order valence-electron chi connectivity index (χ2n) is 5.06. The van der Waals surface area contributed by atoms with Crippen molar-refractivity contribution < 1.29 is 9.13 Å². The highest BCUT2D eigenvalue weighted by atomic mass is 35.5. The lowest BCUT2D eigenvalue weighted by Crippen LogP contribution is -2.35. The zero-order valence-electron chi connectivity index (χ0n) is 11.5. The van der Waals surface area contributed by atoms with Crippen LogP contribution in [0.15, 0.2) is 42.5 Å². The number of methoxy groups -OCH3 is 1. The average molecular weight is 294 g/mol. The molecular weight excluding hydrogens is 277 g/mol. The molecule has 2 aromatic rings. The van der Waals surface area contributed by atoms with E-state index in [4.69, 9.17) is 22.1 Å². The van der Waals surface area contributed by atoms with Gasteiger partial charge in [0.15, 0.2) is 0 Å². The third-order valence-corrected chi connectivity index (χ3v) is 3.54. The molecule has 1 unspecified atom stereocenters. The maximum atomic E-state index is 13.9. The normalized spacial score (nSPS) is 13.8. The van der Waals surface area contributed by atoms with Crippen molar-refractivity contribution in [3.8, 4) is 5.75 Å². The van der Waals surface area contributed by atoms with E-state index in [-0.39, 0.29) is 5.82 Å². The maximum Gasteiger partial charge on any atom is 0.127 e. The summed E-state index contributed by atoms with van der Waals surface area (Å²) in [5, 5.41) is 0.381. The standard InChI is InChI=1S/C16H17ClFNO/c1-16(19,12-4-3-5-14(8-12)20-2)10-11-6-7-13(17)9-15(11)18/h3-9H,10,19H2,1-2H3. The molecule has 2 aromatic carbocycles. The van der Waals surface area contributed by atoms with Crippen molar-refractivity contribution in [1.29, 1.82) is 0 Å². The molecule has 2 rings (SSSR count). The van der Waals surface area contributed by atoms with E-state index in [1.165, 1.54) is 6.07 Å². The molecule has 0 aliphatic carbocycles. The Hall–Kier alpha value is -1.58. The SMILES string of the molecule is COc1cccc(C(C)(N)Cc2ccc(Cl)cc2F)c1. The lowest BCUT2D eigenvalue weighted by Gasteiger charge is -2.26. The number of hydrogen-bond acceptors (Lipinski definition) is 2. The van der Waals surface area contributed by atoms with Crippen molar-refractivity contribution >= 4 is 11.6 Å². The van der Waals surface area contributed by atoms with E-state index in [2.05, 4.69) is 0 Å².